The van der Waals surface area contributed by atoms with E-state index in [0.717, 1.165) is 27.8 Å². The van der Waals surface area contributed by atoms with E-state index < -0.39 is 0 Å². The van der Waals surface area contributed by atoms with Crippen LogP contribution in [0, 0.1) is 0 Å². The van der Waals surface area contributed by atoms with E-state index >= 15 is 0 Å². The van der Waals surface area contributed by atoms with E-state index in [1.807, 2.05) is 24.3 Å². The first kappa shape index (κ1) is 17.0. The summed E-state index contributed by atoms with van der Waals surface area (Å²) in [7, 11) is 0. The van der Waals surface area contributed by atoms with E-state index in [1.54, 1.807) is 0 Å². The molecule has 0 fully saturated rings. The Balaban J connectivity index is 2.14. The lowest BCUT2D eigenvalue weighted by molar-refractivity contribution is 0.302. The Morgan fingerprint density at radius 2 is 1.77 bits per heavy atom. The molecular weight excluding hydrogens is 338 g/mol. The van der Waals surface area contributed by atoms with Gasteiger partial charge >= 0.3 is 0 Å². The third-order valence-corrected chi connectivity index (χ3v) is 4.94. The standard InChI is InChI=1S/C19H24BrNO/c1-4-19(2,3)16-9-10-18(17(20)11-16)22-13-15-8-6-5-7-14(15)12-21/h5-11H,4,12-13,21H2,1-3H3. The van der Waals surface area contributed by atoms with Crippen LogP contribution in [0.1, 0.15) is 43.9 Å². The van der Waals surface area contributed by atoms with E-state index in [0.29, 0.717) is 13.2 Å². The Bertz CT molecular complexity index is 637. The Hall–Kier alpha value is -1.32. The molecule has 3 heteroatoms. The highest BCUT2D eigenvalue weighted by molar-refractivity contribution is 9.10. The van der Waals surface area contributed by atoms with Gasteiger partial charge in [0, 0.05) is 6.54 Å². The smallest absolute Gasteiger partial charge is 0.134 e. The van der Waals surface area contributed by atoms with Crippen molar-refractivity contribution in [3.8, 4) is 5.75 Å². The molecule has 2 N–H and O–H groups in total. The summed E-state index contributed by atoms with van der Waals surface area (Å²) in [5, 5.41) is 0. The molecule has 2 rings (SSSR count). The van der Waals surface area contributed by atoms with Gasteiger partial charge in [-0.15, -0.1) is 0 Å². The minimum Gasteiger partial charge on any atom is -0.488 e. The van der Waals surface area contributed by atoms with E-state index in [4.69, 9.17) is 10.5 Å². The molecule has 0 heterocycles. The molecule has 0 radical (unpaired) electrons. The topological polar surface area (TPSA) is 35.2 Å². The second-order valence-corrected chi connectivity index (χ2v) is 7.00. The van der Waals surface area contributed by atoms with Gasteiger partial charge in [0.05, 0.1) is 4.47 Å². The minimum absolute atomic E-state index is 0.174. The lowest BCUT2D eigenvalue weighted by Crippen LogP contribution is -2.15. The van der Waals surface area contributed by atoms with Crippen LogP contribution in [0.4, 0.5) is 0 Å². The number of nitrogens with two attached hydrogens (primary N) is 1. The Labute approximate surface area is 141 Å². The van der Waals surface area contributed by atoms with Gasteiger partial charge in [0.15, 0.2) is 0 Å². The highest BCUT2D eigenvalue weighted by Crippen LogP contribution is 2.33. The van der Waals surface area contributed by atoms with E-state index in [-0.39, 0.29) is 5.41 Å². The minimum atomic E-state index is 0.174. The van der Waals surface area contributed by atoms with Gasteiger partial charge in [-0.3, -0.25) is 0 Å². The van der Waals surface area contributed by atoms with Gasteiger partial charge in [-0.2, -0.15) is 0 Å². The van der Waals surface area contributed by atoms with E-state index in [1.165, 1.54) is 5.56 Å². The zero-order chi connectivity index (χ0) is 16.2. The number of ether oxygens (including phenoxy) is 1. The van der Waals surface area contributed by atoms with Gasteiger partial charge in [-0.25, -0.2) is 0 Å². The normalized spacial score (nSPS) is 11.5. The fourth-order valence-electron chi connectivity index (χ4n) is 2.30. The third kappa shape index (κ3) is 3.90. The van der Waals surface area contributed by atoms with Crippen molar-refractivity contribution in [2.75, 3.05) is 0 Å². The van der Waals surface area contributed by atoms with Crippen molar-refractivity contribution in [3.63, 3.8) is 0 Å². The number of benzene rings is 2. The first-order valence-electron chi connectivity index (χ1n) is 7.67. The summed E-state index contributed by atoms with van der Waals surface area (Å²) in [6.07, 6.45) is 1.10. The molecule has 0 bridgehead atoms. The summed E-state index contributed by atoms with van der Waals surface area (Å²) in [4.78, 5) is 0. The maximum Gasteiger partial charge on any atom is 0.134 e. The predicted molar refractivity (Wildman–Crippen MR) is 96.1 cm³/mol. The molecule has 0 saturated heterocycles. The average Bonchev–Trinajstić information content (AvgIpc) is 2.53. The summed E-state index contributed by atoms with van der Waals surface area (Å²) in [5.74, 6) is 0.863. The summed E-state index contributed by atoms with van der Waals surface area (Å²) >= 11 is 3.63. The molecule has 0 aliphatic rings. The molecule has 0 atom stereocenters. The van der Waals surface area contributed by atoms with Gasteiger partial charge in [0.25, 0.3) is 0 Å². The highest BCUT2D eigenvalue weighted by atomic mass is 79.9. The second kappa shape index (κ2) is 7.30. The van der Waals surface area contributed by atoms with Crippen LogP contribution in [0.3, 0.4) is 0 Å². The van der Waals surface area contributed by atoms with Crippen LogP contribution in [0.2, 0.25) is 0 Å². The lowest BCUT2D eigenvalue weighted by Gasteiger charge is -2.24. The van der Waals surface area contributed by atoms with E-state index in [2.05, 4.69) is 54.9 Å². The lowest BCUT2D eigenvalue weighted by atomic mass is 9.82. The highest BCUT2D eigenvalue weighted by Gasteiger charge is 2.19. The Morgan fingerprint density at radius 1 is 1.09 bits per heavy atom. The molecule has 2 nitrogen and oxygen atoms in total. The zero-order valence-electron chi connectivity index (χ0n) is 13.5. The fourth-order valence-corrected chi connectivity index (χ4v) is 2.79. The molecule has 0 amide bonds. The Morgan fingerprint density at radius 3 is 2.36 bits per heavy atom. The maximum absolute atomic E-state index is 5.96. The first-order chi connectivity index (χ1) is 10.5. The van der Waals surface area contributed by atoms with Crippen LogP contribution in [0.5, 0.6) is 5.75 Å². The summed E-state index contributed by atoms with van der Waals surface area (Å²) in [6, 6.07) is 14.5. The van der Waals surface area contributed by atoms with E-state index in [9.17, 15) is 0 Å². The van der Waals surface area contributed by atoms with Crippen LogP contribution in [-0.4, -0.2) is 0 Å². The zero-order valence-corrected chi connectivity index (χ0v) is 15.1. The molecule has 0 spiro atoms. The molecule has 0 aliphatic heterocycles. The molecule has 0 saturated carbocycles. The number of halogens is 1. The average molecular weight is 362 g/mol. The van der Waals surface area contributed by atoms with Crippen molar-refractivity contribution in [1.82, 2.24) is 0 Å². The number of hydrogen-bond acceptors (Lipinski definition) is 2. The second-order valence-electron chi connectivity index (χ2n) is 6.14. The molecule has 2 aromatic rings. The maximum atomic E-state index is 5.96. The molecular formula is C19H24BrNO. The SMILES string of the molecule is CCC(C)(C)c1ccc(OCc2ccccc2CN)c(Br)c1. The molecule has 0 aliphatic carbocycles. The van der Waals surface area contributed by atoms with Crippen LogP contribution in [-0.2, 0) is 18.6 Å². The quantitative estimate of drug-likeness (QED) is 0.769. The molecule has 0 aromatic heterocycles. The van der Waals surface area contributed by atoms with Crippen LogP contribution < -0.4 is 10.5 Å². The largest absolute Gasteiger partial charge is 0.488 e. The molecule has 22 heavy (non-hydrogen) atoms. The van der Waals surface area contributed by atoms with Crippen molar-refractivity contribution >= 4 is 15.9 Å². The van der Waals surface area contributed by atoms with Crippen molar-refractivity contribution in [2.45, 2.75) is 45.8 Å². The van der Waals surface area contributed by atoms with Gasteiger partial charge in [-0.05, 0) is 56.6 Å². The molecule has 2 aromatic carbocycles. The van der Waals surface area contributed by atoms with Crippen LogP contribution in [0.15, 0.2) is 46.9 Å². The van der Waals surface area contributed by atoms with Crippen LogP contribution >= 0.6 is 15.9 Å². The number of hydrogen-bond donors (Lipinski definition) is 1. The third-order valence-electron chi connectivity index (χ3n) is 4.32. The van der Waals surface area contributed by atoms with Crippen molar-refractivity contribution in [1.29, 1.82) is 0 Å². The van der Waals surface area contributed by atoms with Gasteiger partial charge < -0.3 is 10.5 Å². The monoisotopic (exact) mass is 361 g/mol. The van der Waals surface area contributed by atoms with Crippen molar-refractivity contribution < 1.29 is 4.74 Å². The molecule has 118 valence electrons. The van der Waals surface area contributed by atoms with Gasteiger partial charge in [0.2, 0.25) is 0 Å². The van der Waals surface area contributed by atoms with Gasteiger partial charge in [0.1, 0.15) is 12.4 Å². The summed E-state index contributed by atoms with van der Waals surface area (Å²) in [6.45, 7) is 7.79. The van der Waals surface area contributed by atoms with Crippen molar-refractivity contribution in [3.05, 3.63) is 63.6 Å². The number of rotatable bonds is 6. The Kier molecular flexibility index (Phi) is 5.65. The molecule has 0 unspecified atom stereocenters. The fraction of sp³-hybridized carbons (Fsp3) is 0.368. The van der Waals surface area contributed by atoms with Crippen LogP contribution in [0.25, 0.3) is 0 Å². The first-order valence-corrected chi connectivity index (χ1v) is 8.47. The summed E-state index contributed by atoms with van der Waals surface area (Å²) in [5.41, 5.74) is 9.52. The van der Waals surface area contributed by atoms with Gasteiger partial charge in [-0.1, -0.05) is 51.1 Å². The van der Waals surface area contributed by atoms with Crippen molar-refractivity contribution in [2.24, 2.45) is 5.73 Å². The summed E-state index contributed by atoms with van der Waals surface area (Å²) < 4.78 is 6.96. The predicted octanol–water partition coefficient (Wildman–Crippen LogP) is 5.17.